The molecule has 0 bridgehead atoms. The Hall–Kier alpha value is -0.396. The molecule has 0 atom stereocenters. The van der Waals surface area contributed by atoms with Crippen LogP contribution in [0.3, 0.4) is 0 Å². The third-order valence-corrected chi connectivity index (χ3v) is 5.15. The van der Waals surface area contributed by atoms with Gasteiger partial charge in [-0.2, -0.15) is 0 Å². The summed E-state index contributed by atoms with van der Waals surface area (Å²) in [6, 6.07) is 0. The highest BCUT2D eigenvalue weighted by Gasteiger charge is 1.91. The summed E-state index contributed by atoms with van der Waals surface area (Å²) >= 11 is 0. The van der Waals surface area contributed by atoms with E-state index in [1.165, 1.54) is 6.08 Å². The summed E-state index contributed by atoms with van der Waals surface area (Å²) < 4.78 is 9.70. The molecule has 0 aromatic carbocycles. The van der Waals surface area contributed by atoms with E-state index in [9.17, 15) is 4.79 Å². The number of carbonyl (C=O) groups is 1. The van der Waals surface area contributed by atoms with E-state index in [1.54, 1.807) is 0 Å². The minimum absolute atomic E-state index is 0.330. The van der Waals surface area contributed by atoms with Gasteiger partial charge in [0.2, 0.25) is 0 Å². The van der Waals surface area contributed by atoms with Crippen LogP contribution in [-0.4, -0.2) is 32.1 Å². The van der Waals surface area contributed by atoms with Crippen molar-refractivity contribution < 1.29 is 13.6 Å². The molecule has 0 radical (unpaired) electrons. The summed E-state index contributed by atoms with van der Waals surface area (Å²) in [5.74, 6) is -0.330. The predicted molar refractivity (Wildman–Crippen MR) is 66.0 cm³/mol. The first-order valence-corrected chi connectivity index (χ1v) is 8.50. The highest BCUT2D eigenvalue weighted by atomic mass is 28.3. The van der Waals surface area contributed by atoms with E-state index in [4.69, 9.17) is 4.12 Å². The van der Waals surface area contributed by atoms with E-state index in [0.717, 1.165) is 23.3 Å². The van der Waals surface area contributed by atoms with Gasteiger partial charge in [-0.3, -0.25) is 0 Å². The molecule has 0 heterocycles. The number of hydrogen-bond donors (Lipinski definition) is 0. The second-order valence-electron chi connectivity index (χ2n) is 3.01. The first kappa shape index (κ1) is 16.0. The van der Waals surface area contributed by atoms with Gasteiger partial charge < -0.3 is 8.85 Å². The van der Waals surface area contributed by atoms with Crippen LogP contribution in [0, 0.1) is 0 Å². The number of carbonyl (C=O) groups excluding carboxylic acids is 1. The average molecular weight is 234 g/mol. The molecule has 14 heavy (non-hydrogen) atoms. The normalized spacial score (nSPS) is 9.14. The zero-order valence-electron chi connectivity index (χ0n) is 9.71. The van der Waals surface area contributed by atoms with Crippen molar-refractivity contribution in [3.05, 3.63) is 12.7 Å². The lowest BCUT2D eigenvalue weighted by Crippen LogP contribution is -2.02. The first-order chi connectivity index (χ1) is 6.58. The molecule has 3 nitrogen and oxygen atoms in total. The molecule has 0 rings (SSSR count). The van der Waals surface area contributed by atoms with E-state index in [2.05, 4.69) is 24.4 Å². The van der Waals surface area contributed by atoms with Crippen LogP contribution in [0.4, 0.5) is 0 Å². The minimum Gasteiger partial charge on any atom is -0.466 e. The van der Waals surface area contributed by atoms with Gasteiger partial charge in [-0.1, -0.05) is 19.9 Å². The van der Waals surface area contributed by atoms with Crippen LogP contribution in [0.5, 0.6) is 0 Å². The molecule has 0 aromatic heterocycles. The van der Waals surface area contributed by atoms with Crippen molar-refractivity contribution in [3.63, 3.8) is 0 Å². The van der Waals surface area contributed by atoms with E-state index in [1.807, 2.05) is 6.92 Å². The molecule has 0 amide bonds. The number of rotatable bonds is 5. The number of hydrogen-bond acceptors (Lipinski definition) is 3. The number of esters is 1. The van der Waals surface area contributed by atoms with Crippen LogP contribution in [0.1, 0.15) is 19.8 Å². The Balaban J connectivity index is 0. The molecule has 0 aliphatic rings. The second-order valence-corrected chi connectivity index (χ2v) is 6.99. The standard InChI is InChI=1S/C7H12O2.C2H10OSi2/c1-3-5-6-9-7(8)4-2;1-5(2)3-4/h4H,2-3,5-6H2,1H3;5H,1-2,4H3. The minimum atomic E-state index is -0.588. The Morgan fingerprint density at radius 2 is 2.07 bits per heavy atom. The molecule has 0 N–H and O–H groups in total. The summed E-state index contributed by atoms with van der Waals surface area (Å²) in [5, 5.41) is 0. The summed E-state index contributed by atoms with van der Waals surface area (Å²) in [4.78, 5) is 10.3. The smallest absolute Gasteiger partial charge is 0.330 e. The molecule has 0 unspecified atom stereocenters. The maximum absolute atomic E-state index is 10.3. The quantitative estimate of drug-likeness (QED) is 0.305. The zero-order valence-corrected chi connectivity index (χ0v) is 12.9. The highest BCUT2D eigenvalue weighted by molar-refractivity contribution is 6.52. The lowest BCUT2D eigenvalue weighted by Gasteiger charge is -1.97. The van der Waals surface area contributed by atoms with Crippen molar-refractivity contribution in [1.29, 1.82) is 0 Å². The van der Waals surface area contributed by atoms with Crippen LogP contribution in [0.15, 0.2) is 12.7 Å². The second kappa shape index (κ2) is 12.6. The fourth-order valence-corrected chi connectivity index (χ4v) is 0.376. The van der Waals surface area contributed by atoms with Crippen LogP contribution >= 0.6 is 0 Å². The van der Waals surface area contributed by atoms with Crippen LogP contribution < -0.4 is 0 Å². The molecular formula is C9H22O3Si2. The van der Waals surface area contributed by atoms with Gasteiger partial charge in [0.05, 0.1) is 6.61 Å². The Morgan fingerprint density at radius 1 is 1.57 bits per heavy atom. The Kier molecular flexibility index (Phi) is 14.4. The Bertz CT molecular complexity index is 149. The van der Waals surface area contributed by atoms with E-state index in [-0.39, 0.29) is 5.97 Å². The molecule has 0 saturated heterocycles. The van der Waals surface area contributed by atoms with Gasteiger partial charge in [-0.15, -0.1) is 0 Å². The fraction of sp³-hybridized carbons (Fsp3) is 0.667. The lowest BCUT2D eigenvalue weighted by molar-refractivity contribution is -0.137. The molecule has 0 spiro atoms. The van der Waals surface area contributed by atoms with Crippen LogP contribution in [0.2, 0.25) is 13.1 Å². The number of unbranched alkanes of at least 4 members (excludes halogenated alkanes) is 1. The van der Waals surface area contributed by atoms with Crippen LogP contribution in [-0.2, 0) is 13.6 Å². The molecule has 0 aliphatic heterocycles. The maximum Gasteiger partial charge on any atom is 0.330 e. The van der Waals surface area contributed by atoms with Gasteiger partial charge in [-0.25, -0.2) is 4.79 Å². The van der Waals surface area contributed by atoms with E-state index >= 15 is 0 Å². The van der Waals surface area contributed by atoms with Crippen LogP contribution in [0.25, 0.3) is 0 Å². The molecule has 5 heteroatoms. The molecule has 0 fully saturated rings. The fourth-order valence-electron chi connectivity index (χ4n) is 0.376. The van der Waals surface area contributed by atoms with Crippen molar-refractivity contribution in [1.82, 2.24) is 0 Å². The predicted octanol–water partition coefficient (Wildman–Crippen LogP) is 0.782. The Morgan fingerprint density at radius 3 is 2.36 bits per heavy atom. The van der Waals surface area contributed by atoms with Crippen molar-refractivity contribution in [2.24, 2.45) is 0 Å². The van der Waals surface area contributed by atoms with Gasteiger partial charge in [-0.05, 0) is 19.5 Å². The molecular weight excluding hydrogens is 212 g/mol. The molecule has 84 valence electrons. The highest BCUT2D eigenvalue weighted by Crippen LogP contribution is 1.88. The maximum atomic E-state index is 10.3. The molecule has 0 aliphatic carbocycles. The summed E-state index contributed by atoms with van der Waals surface area (Å²) in [6.07, 6.45) is 3.15. The Labute approximate surface area is 91.8 Å². The third-order valence-electron chi connectivity index (χ3n) is 1.38. The summed E-state index contributed by atoms with van der Waals surface area (Å²) in [7, 11) is 0.347. The topological polar surface area (TPSA) is 35.5 Å². The molecule has 0 aromatic rings. The van der Waals surface area contributed by atoms with Crippen molar-refractivity contribution in [3.8, 4) is 0 Å². The summed E-state index contributed by atoms with van der Waals surface area (Å²) in [5.41, 5.74) is 0. The summed E-state index contributed by atoms with van der Waals surface area (Å²) in [6.45, 7) is 10.2. The van der Waals surface area contributed by atoms with Gasteiger partial charge in [0.15, 0.2) is 9.04 Å². The van der Waals surface area contributed by atoms with Gasteiger partial charge in [0.1, 0.15) is 10.5 Å². The van der Waals surface area contributed by atoms with Crippen molar-refractivity contribution >= 4 is 25.5 Å². The van der Waals surface area contributed by atoms with Crippen molar-refractivity contribution in [2.45, 2.75) is 32.9 Å². The lowest BCUT2D eigenvalue weighted by atomic mass is 10.4. The van der Waals surface area contributed by atoms with Gasteiger partial charge in [0.25, 0.3) is 0 Å². The van der Waals surface area contributed by atoms with Gasteiger partial charge >= 0.3 is 5.97 Å². The number of ether oxygens (including phenoxy) is 1. The molecule has 0 saturated carbocycles. The van der Waals surface area contributed by atoms with Gasteiger partial charge in [0, 0.05) is 6.08 Å². The SMILES string of the molecule is C=CC(=O)OCCCC.C[SiH](C)O[SiH3]. The largest absolute Gasteiger partial charge is 0.466 e. The monoisotopic (exact) mass is 234 g/mol. The third kappa shape index (κ3) is 17.6. The van der Waals surface area contributed by atoms with E-state index < -0.39 is 9.04 Å². The average Bonchev–Trinajstić information content (AvgIpc) is 2.19. The zero-order chi connectivity index (χ0) is 11.4. The van der Waals surface area contributed by atoms with E-state index in [0.29, 0.717) is 6.61 Å². The first-order valence-electron chi connectivity index (χ1n) is 4.90. The van der Waals surface area contributed by atoms with Crippen molar-refractivity contribution in [2.75, 3.05) is 6.61 Å².